The van der Waals surface area contributed by atoms with Crippen molar-refractivity contribution in [2.75, 3.05) is 36.4 Å². The van der Waals surface area contributed by atoms with E-state index in [-0.39, 0.29) is 6.03 Å². The van der Waals surface area contributed by atoms with Crippen LogP contribution in [0.5, 0.6) is 5.75 Å². The lowest BCUT2D eigenvalue weighted by molar-refractivity contribution is 0.208. The molecule has 1 saturated heterocycles. The molecule has 0 aliphatic carbocycles. The van der Waals surface area contributed by atoms with Crippen molar-refractivity contribution in [1.29, 1.82) is 5.26 Å². The molecule has 3 aromatic rings. The number of hydrogen-bond acceptors (Lipinski definition) is 6. The van der Waals surface area contributed by atoms with Crippen LogP contribution in [0.15, 0.2) is 60.1 Å². The first-order valence-corrected chi connectivity index (χ1v) is 11.0. The van der Waals surface area contributed by atoms with E-state index in [0.717, 1.165) is 40.8 Å². The number of thiazole rings is 1. The molecule has 1 fully saturated rings. The third kappa shape index (κ3) is 5.53. The quantitative estimate of drug-likeness (QED) is 0.632. The number of amides is 2. The second-order valence-corrected chi connectivity index (χ2v) is 8.06. The summed E-state index contributed by atoms with van der Waals surface area (Å²) in [7, 11) is 0. The minimum atomic E-state index is -0.0926. The highest BCUT2D eigenvalue weighted by molar-refractivity contribution is 7.13. The summed E-state index contributed by atoms with van der Waals surface area (Å²) in [6.45, 7) is 3.28. The highest BCUT2D eigenvalue weighted by Crippen LogP contribution is 2.20. The zero-order chi connectivity index (χ0) is 21.5. The van der Waals surface area contributed by atoms with Gasteiger partial charge in [0.25, 0.3) is 0 Å². The Morgan fingerprint density at radius 2 is 1.94 bits per heavy atom. The minimum absolute atomic E-state index is 0.0926. The van der Waals surface area contributed by atoms with Crippen LogP contribution >= 0.6 is 11.3 Å². The monoisotopic (exact) mass is 433 g/mol. The largest absolute Gasteiger partial charge is 0.489 e. The fourth-order valence-corrected chi connectivity index (χ4v) is 4.07. The van der Waals surface area contributed by atoms with Gasteiger partial charge in [-0.1, -0.05) is 24.3 Å². The maximum Gasteiger partial charge on any atom is 0.321 e. The summed E-state index contributed by atoms with van der Waals surface area (Å²) in [5.41, 5.74) is 2.68. The van der Waals surface area contributed by atoms with E-state index in [9.17, 15) is 4.79 Å². The maximum atomic E-state index is 12.7. The number of ether oxygens (including phenoxy) is 1. The van der Waals surface area contributed by atoms with Crippen molar-refractivity contribution in [1.82, 2.24) is 9.88 Å². The number of nitrogens with one attached hydrogen (secondary N) is 1. The van der Waals surface area contributed by atoms with E-state index >= 15 is 0 Å². The van der Waals surface area contributed by atoms with Gasteiger partial charge in [-0.05, 0) is 35.4 Å². The van der Waals surface area contributed by atoms with E-state index in [1.165, 1.54) is 0 Å². The molecule has 0 saturated carbocycles. The van der Waals surface area contributed by atoms with Gasteiger partial charge in [0.15, 0.2) is 5.13 Å². The first-order valence-electron chi connectivity index (χ1n) is 10.1. The molecule has 1 aliphatic rings. The zero-order valence-electron chi connectivity index (χ0n) is 17.0. The molecule has 1 N–H and O–H groups in total. The standard InChI is InChI=1S/C23H23N5O2S/c24-9-8-18-4-6-21(7-5-18)30-17-19-2-1-3-20(16-19)26-22(29)27-11-13-28(14-12-27)23-25-10-15-31-23/h1-7,10,15-16H,8,11-14,17H2,(H,26,29). The average Bonchev–Trinajstić information content (AvgIpc) is 3.34. The second kappa shape index (κ2) is 9.96. The van der Waals surface area contributed by atoms with Gasteiger partial charge < -0.3 is 19.9 Å². The van der Waals surface area contributed by atoms with Crippen LogP contribution in [-0.2, 0) is 13.0 Å². The molecule has 7 nitrogen and oxygen atoms in total. The fraction of sp³-hybridized carbons (Fsp3) is 0.261. The Balaban J connectivity index is 1.28. The summed E-state index contributed by atoms with van der Waals surface area (Å²) in [6, 6.07) is 17.2. The Bertz CT molecular complexity index is 1040. The van der Waals surface area contributed by atoms with E-state index in [4.69, 9.17) is 10.00 Å². The number of piperazine rings is 1. The van der Waals surface area contributed by atoms with E-state index in [2.05, 4.69) is 21.3 Å². The number of aromatic nitrogens is 1. The Labute approximate surface area is 185 Å². The van der Waals surface area contributed by atoms with Gasteiger partial charge in [0.2, 0.25) is 0 Å². The van der Waals surface area contributed by atoms with E-state index in [1.807, 2.05) is 58.8 Å². The molecular weight excluding hydrogens is 410 g/mol. The molecular formula is C23H23N5O2S. The molecule has 1 aliphatic heterocycles. The Kier molecular flexibility index (Phi) is 6.65. The molecule has 0 spiro atoms. The normalized spacial score (nSPS) is 13.5. The third-order valence-corrected chi connectivity index (χ3v) is 5.88. The molecule has 4 rings (SSSR count). The van der Waals surface area contributed by atoms with Crippen molar-refractivity contribution < 1.29 is 9.53 Å². The number of nitrogens with zero attached hydrogens (tertiary/aromatic N) is 4. The lowest BCUT2D eigenvalue weighted by Gasteiger charge is -2.34. The number of urea groups is 1. The smallest absolute Gasteiger partial charge is 0.321 e. The Morgan fingerprint density at radius 1 is 1.13 bits per heavy atom. The van der Waals surface area contributed by atoms with Crippen LogP contribution in [0.2, 0.25) is 0 Å². The maximum absolute atomic E-state index is 12.7. The molecule has 0 atom stereocenters. The van der Waals surface area contributed by atoms with Crippen LogP contribution in [0.1, 0.15) is 11.1 Å². The van der Waals surface area contributed by atoms with Crippen LogP contribution in [0, 0.1) is 11.3 Å². The number of carbonyl (C=O) groups is 1. The number of hydrogen-bond donors (Lipinski definition) is 1. The number of nitriles is 1. The average molecular weight is 434 g/mol. The number of anilines is 2. The molecule has 1 aromatic heterocycles. The predicted octanol–water partition coefficient (Wildman–Crippen LogP) is 4.14. The van der Waals surface area contributed by atoms with Crippen molar-refractivity contribution in [3.05, 3.63) is 71.2 Å². The van der Waals surface area contributed by atoms with E-state index in [0.29, 0.717) is 26.1 Å². The zero-order valence-corrected chi connectivity index (χ0v) is 17.8. The van der Waals surface area contributed by atoms with Gasteiger partial charge >= 0.3 is 6.03 Å². The molecule has 2 aromatic carbocycles. The molecule has 0 bridgehead atoms. The molecule has 2 amide bonds. The highest BCUT2D eigenvalue weighted by Gasteiger charge is 2.22. The third-order valence-electron chi connectivity index (χ3n) is 5.05. The molecule has 158 valence electrons. The van der Waals surface area contributed by atoms with Gasteiger partial charge in [0, 0.05) is 43.4 Å². The van der Waals surface area contributed by atoms with Crippen LogP contribution in [0.3, 0.4) is 0 Å². The van der Waals surface area contributed by atoms with Crippen LogP contribution in [-0.4, -0.2) is 42.1 Å². The van der Waals surface area contributed by atoms with Crippen molar-refractivity contribution in [3.8, 4) is 11.8 Å². The first kappa shape index (κ1) is 20.7. The van der Waals surface area contributed by atoms with E-state index in [1.54, 1.807) is 17.5 Å². The second-order valence-electron chi connectivity index (χ2n) is 7.19. The van der Waals surface area contributed by atoms with Crippen LogP contribution in [0.25, 0.3) is 0 Å². The summed E-state index contributed by atoms with van der Waals surface area (Å²) < 4.78 is 5.83. The summed E-state index contributed by atoms with van der Waals surface area (Å²) in [6.07, 6.45) is 2.20. The van der Waals surface area contributed by atoms with Crippen LogP contribution in [0.4, 0.5) is 15.6 Å². The van der Waals surface area contributed by atoms with Gasteiger partial charge in [-0.2, -0.15) is 5.26 Å². The summed E-state index contributed by atoms with van der Waals surface area (Å²) in [5.74, 6) is 0.745. The van der Waals surface area contributed by atoms with Gasteiger partial charge in [0.05, 0.1) is 12.5 Å². The molecule has 2 heterocycles. The van der Waals surface area contributed by atoms with Crippen molar-refractivity contribution in [3.63, 3.8) is 0 Å². The Hall–Kier alpha value is -3.57. The van der Waals surface area contributed by atoms with Gasteiger partial charge in [-0.15, -0.1) is 11.3 Å². The van der Waals surface area contributed by atoms with E-state index < -0.39 is 0 Å². The Morgan fingerprint density at radius 3 is 2.65 bits per heavy atom. The van der Waals surface area contributed by atoms with Gasteiger partial charge in [-0.25, -0.2) is 9.78 Å². The molecule has 0 unspecified atom stereocenters. The SMILES string of the molecule is N#CCc1ccc(OCc2cccc(NC(=O)N3CCN(c4nccs4)CC3)c2)cc1. The molecule has 8 heteroatoms. The lowest BCUT2D eigenvalue weighted by Crippen LogP contribution is -2.50. The number of carbonyl (C=O) groups excluding carboxylic acids is 1. The van der Waals surface area contributed by atoms with Crippen molar-refractivity contribution >= 4 is 28.2 Å². The number of benzene rings is 2. The summed E-state index contributed by atoms with van der Waals surface area (Å²) in [4.78, 5) is 21.0. The molecule has 31 heavy (non-hydrogen) atoms. The highest BCUT2D eigenvalue weighted by atomic mass is 32.1. The first-order chi connectivity index (χ1) is 15.2. The molecule has 0 radical (unpaired) electrons. The summed E-state index contributed by atoms with van der Waals surface area (Å²) >= 11 is 1.62. The van der Waals surface area contributed by atoms with Gasteiger partial charge in [-0.3, -0.25) is 0 Å². The number of rotatable bonds is 6. The summed E-state index contributed by atoms with van der Waals surface area (Å²) in [5, 5.41) is 14.7. The lowest BCUT2D eigenvalue weighted by atomic mass is 10.1. The minimum Gasteiger partial charge on any atom is -0.489 e. The van der Waals surface area contributed by atoms with Gasteiger partial charge in [0.1, 0.15) is 12.4 Å². The van der Waals surface area contributed by atoms with Crippen molar-refractivity contribution in [2.24, 2.45) is 0 Å². The van der Waals surface area contributed by atoms with Crippen LogP contribution < -0.4 is 15.0 Å². The predicted molar refractivity (Wildman–Crippen MR) is 121 cm³/mol. The topological polar surface area (TPSA) is 81.5 Å². The van der Waals surface area contributed by atoms with Crippen molar-refractivity contribution in [2.45, 2.75) is 13.0 Å². The fourth-order valence-electron chi connectivity index (χ4n) is 3.38.